The average molecular weight is 503 g/mol. The lowest BCUT2D eigenvalue weighted by Gasteiger charge is -2.38. The highest BCUT2D eigenvalue weighted by molar-refractivity contribution is 6.30. The summed E-state index contributed by atoms with van der Waals surface area (Å²) >= 11 is 6.30. The van der Waals surface area contributed by atoms with Crippen molar-refractivity contribution < 1.29 is 34.7 Å². The van der Waals surface area contributed by atoms with E-state index in [1.165, 1.54) is 11.8 Å². The molecule has 3 heterocycles. The van der Waals surface area contributed by atoms with Crippen molar-refractivity contribution in [1.29, 1.82) is 0 Å². The van der Waals surface area contributed by atoms with Gasteiger partial charge >= 0.3 is 5.97 Å². The van der Waals surface area contributed by atoms with Gasteiger partial charge in [-0.15, -0.1) is 0 Å². The van der Waals surface area contributed by atoms with E-state index >= 15 is 0 Å². The van der Waals surface area contributed by atoms with E-state index in [9.17, 15) is 25.2 Å². The predicted octanol–water partition coefficient (Wildman–Crippen LogP) is 1.29. The predicted molar refractivity (Wildman–Crippen MR) is 126 cm³/mol. The number of pyridine rings is 1. The van der Waals surface area contributed by atoms with Crippen LogP contribution < -0.4 is 10.1 Å². The first-order chi connectivity index (χ1) is 16.8. The molecule has 0 bridgehead atoms. The summed E-state index contributed by atoms with van der Waals surface area (Å²) in [4.78, 5) is 16.1. The van der Waals surface area contributed by atoms with Crippen LogP contribution in [0.1, 0.15) is 35.2 Å². The molecular weight excluding hydrogens is 476 g/mol. The summed E-state index contributed by atoms with van der Waals surface area (Å²) in [5.74, 6) is -1.20. The topological polar surface area (TPSA) is 141 Å². The van der Waals surface area contributed by atoms with Crippen LogP contribution in [0.25, 0.3) is 5.57 Å². The second kappa shape index (κ2) is 9.85. The normalized spacial score (nSPS) is 28.6. The number of piperidine rings is 1. The molecule has 2 aromatic rings. The van der Waals surface area contributed by atoms with Crippen LogP contribution in [0.5, 0.6) is 5.75 Å². The number of benzene rings is 1. The fraction of sp³-hybridized carbons (Fsp3) is 0.440. The van der Waals surface area contributed by atoms with E-state index in [-0.39, 0.29) is 5.75 Å². The summed E-state index contributed by atoms with van der Waals surface area (Å²) in [6.45, 7) is 1.79. The van der Waals surface area contributed by atoms with Gasteiger partial charge in [-0.05, 0) is 73.7 Å². The zero-order valence-corrected chi connectivity index (χ0v) is 19.6. The standard InChI is InChI=1S/C25H27ClN2O7/c26-15-3-4-17-13(9-15)1-2-14-10-16(11-28-19(14)18(17)12-5-7-27-8-6-12)34-25-22(31)20(29)21(30)23(35-25)24(32)33/h3-4,9-11,20-23,25,27,29-31H,1-2,5-8H2,(H,32,33). The minimum Gasteiger partial charge on any atom is -0.479 e. The molecule has 1 aromatic heterocycles. The van der Waals surface area contributed by atoms with Crippen LogP contribution in [0.2, 0.25) is 5.02 Å². The van der Waals surface area contributed by atoms with Crippen LogP contribution in [-0.2, 0) is 22.4 Å². The van der Waals surface area contributed by atoms with E-state index in [1.54, 1.807) is 6.07 Å². The molecule has 1 aliphatic carbocycles. The number of ether oxygens (including phenoxy) is 2. The van der Waals surface area contributed by atoms with Crippen LogP contribution in [0.3, 0.4) is 0 Å². The Labute approximate surface area is 207 Å². The number of aliphatic hydroxyl groups is 3. The quantitative estimate of drug-likeness (QED) is 0.419. The highest BCUT2D eigenvalue weighted by Gasteiger charge is 2.48. The Bertz CT molecular complexity index is 1160. The number of nitrogens with zero attached hydrogens (tertiary/aromatic N) is 1. The molecule has 1 aromatic carbocycles. The van der Waals surface area contributed by atoms with Gasteiger partial charge in [0.25, 0.3) is 0 Å². The zero-order valence-electron chi connectivity index (χ0n) is 18.9. The molecule has 5 rings (SSSR count). The van der Waals surface area contributed by atoms with Crippen molar-refractivity contribution in [3.8, 4) is 5.75 Å². The molecule has 2 saturated heterocycles. The summed E-state index contributed by atoms with van der Waals surface area (Å²) < 4.78 is 11.0. The molecule has 0 saturated carbocycles. The number of rotatable bonds is 3. The van der Waals surface area contributed by atoms with Crippen LogP contribution >= 0.6 is 11.6 Å². The Hall–Kier alpha value is -2.53. The van der Waals surface area contributed by atoms with Crippen molar-refractivity contribution in [3.63, 3.8) is 0 Å². The monoisotopic (exact) mass is 502 g/mol. The van der Waals surface area contributed by atoms with Gasteiger partial charge < -0.3 is 35.2 Å². The third-order valence-corrected chi connectivity index (χ3v) is 7.04. The van der Waals surface area contributed by atoms with Gasteiger partial charge in [-0.2, -0.15) is 0 Å². The summed E-state index contributed by atoms with van der Waals surface area (Å²) in [6, 6.07) is 7.74. The van der Waals surface area contributed by atoms with Gasteiger partial charge in [0, 0.05) is 10.6 Å². The van der Waals surface area contributed by atoms with E-state index in [0.29, 0.717) is 11.4 Å². The molecule has 0 spiro atoms. The van der Waals surface area contributed by atoms with Gasteiger partial charge in [0.15, 0.2) is 6.10 Å². The molecule has 5 unspecified atom stereocenters. The minimum atomic E-state index is -1.78. The molecule has 0 amide bonds. The van der Waals surface area contributed by atoms with Crippen molar-refractivity contribution in [1.82, 2.24) is 10.3 Å². The molecule has 186 valence electrons. The highest BCUT2D eigenvalue weighted by Crippen LogP contribution is 2.39. The number of hydrogen-bond donors (Lipinski definition) is 5. The first-order valence-corrected chi connectivity index (χ1v) is 12.0. The van der Waals surface area contributed by atoms with Crippen LogP contribution in [-0.4, -0.2) is 75.2 Å². The maximum absolute atomic E-state index is 11.4. The van der Waals surface area contributed by atoms with Crippen molar-refractivity contribution in [2.45, 2.75) is 56.4 Å². The molecule has 2 aliphatic heterocycles. The largest absolute Gasteiger partial charge is 0.479 e. The Kier molecular flexibility index (Phi) is 6.80. The van der Waals surface area contributed by atoms with Crippen LogP contribution in [0, 0.1) is 0 Å². The van der Waals surface area contributed by atoms with Crippen molar-refractivity contribution in [3.05, 3.63) is 63.4 Å². The summed E-state index contributed by atoms with van der Waals surface area (Å²) in [5.41, 5.74) is 6.50. The van der Waals surface area contributed by atoms with Gasteiger partial charge in [-0.3, -0.25) is 4.98 Å². The highest BCUT2D eigenvalue weighted by atomic mass is 35.5. The average Bonchev–Trinajstić information content (AvgIpc) is 3.01. The van der Waals surface area contributed by atoms with E-state index in [2.05, 4.69) is 5.32 Å². The maximum Gasteiger partial charge on any atom is 0.335 e. The van der Waals surface area contributed by atoms with Gasteiger partial charge in [-0.1, -0.05) is 23.2 Å². The number of aryl methyl sites for hydroxylation is 2. The number of carboxylic acids is 1. The molecule has 5 atom stereocenters. The molecule has 9 nitrogen and oxygen atoms in total. The second-order valence-electron chi connectivity index (χ2n) is 9.06. The lowest BCUT2D eigenvalue weighted by molar-refractivity contribution is -0.271. The molecule has 10 heteroatoms. The SMILES string of the molecule is O=C(O)C1OC(Oc2cnc3c(c2)CCc2cc(Cl)ccc2C3=C2CCNCC2)C(O)C(O)C1O. The molecule has 0 radical (unpaired) electrons. The fourth-order valence-corrected chi connectivity index (χ4v) is 5.19. The van der Waals surface area contributed by atoms with E-state index in [0.717, 1.165) is 60.3 Å². The minimum absolute atomic E-state index is 0.263. The Morgan fingerprint density at radius 1 is 1.03 bits per heavy atom. The number of aliphatic hydroxyl groups excluding tert-OH is 3. The zero-order chi connectivity index (χ0) is 24.7. The number of fused-ring (bicyclic) bond motifs is 2. The van der Waals surface area contributed by atoms with Crippen molar-refractivity contribution in [2.75, 3.05) is 13.1 Å². The van der Waals surface area contributed by atoms with E-state index in [4.69, 9.17) is 26.1 Å². The first kappa shape index (κ1) is 24.2. The Balaban J connectivity index is 1.50. The third kappa shape index (κ3) is 4.67. The number of aromatic nitrogens is 1. The summed E-state index contributed by atoms with van der Waals surface area (Å²) in [5, 5.41) is 43.6. The summed E-state index contributed by atoms with van der Waals surface area (Å²) in [7, 11) is 0. The fourth-order valence-electron chi connectivity index (χ4n) is 5.00. The molecule has 5 N–H and O–H groups in total. The number of aliphatic carboxylic acids is 1. The Morgan fingerprint density at radius 2 is 1.77 bits per heavy atom. The molecular formula is C25H27ClN2O7. The van der Waals surface area contributed by atoms with E-state index in [1.807, 2.05) is 18.2 Å². The second-order valence-corrected chi connectivity index (χ2v) is 9.50. The number of carboxylic acid groups (broad SMARTS) is 1. The van der Waals surface area contributed by atoms with Gasteiger partial charge in [0.1, 0.15) is 24.1 Å². The number of hydrogen-bond acceptors (Lipinski definition) is 8. The molecule has 35 heavy (non-hydrogen) atoms. The maximum atomic E-state index is 11.4. The number of nitrogens with one attached hydrogen (secondary N) is 1. The van der Waals surface area contributed by atoms with Gasteiger partial charge in [0.2, 0.25) is 6.29 Å². The molecule has 3 aliphatic rings. The van der Waals surface area contributed by atoms with E-state index < -0.39 is 36.7 Å². The lowest BCUT2D eigenvalue weighted by atomic mass is 9.89. The lowest BCUT2D eigenvalue weighted by Crippen LogP contribution is -2.61. The van der Waals surface area contributed by atoms with Gasteiger partial charge in [0.05, 0.1) is 11.9 Å². The van der Waals surface area contributed by atoms with Crippen LogP contribution in [0.4, 0.5) is 0 Å². The van der Waals surface area contributed by atoms with Gasteiger partial charge in [-0.25, -0.2) is 4.79 Å². The number of carbonyl (C=O) groups is 1. The van der Waals surface area contributed by atoms with Crippen LogP contribution in [0.15, 0.2) is 36.0 Å². The molecule has 2 fully saturated rings. The first-order valence-electron chi connectivity index (χ1n) is 11.6. The summed E-state index contributed by atoms with van der Waals surface area (Å²) in [6.07, 6.45) is -3.63. The van der Waals surface area contributed by atoms with Crippen molar-refractivity contribution >= 4 is 23.1 Å². The Morgan fingerprint density at radius 3 is 2.51 bits per heavy atom. The third-order valence-electron chi connectivity index (χ3n) is 6.80. The number of halogens is 1. The van der Waals surface area contributed by atoms with Crippen molar-refractivity contribution in [2.24, 2.45) is 0 Å². The smallest absolute Gasteiger partial charge is 0.335 e.